The van der Waals surface area contributed by atoms with Crippen molar-refractivity contribution < 1.29 is 9.53 Å². The van der Waals surface area contributed by atoms with Crippen LogP contribution in [0.1, 0.15) is 50.8 Å². The molecule has 0 heterocycles. The van der Waals surface area contributed by atoms with E-state index in [1.54, 1.807) is 0 Å². The average molecular weight is 311 g/mol. The Bertz CT molecular complexity index is 635. The monoisotopic (exact) mass is 311 g/mol. The number of carbonyl (C=O) groups excluding carboxylic acids is 1. The summed E-state index contributed by atoms with van der Waals surface area (Å²) in [5, 5.41) is 2.94. The van der Waals surface area contributed by atoms with Crippen molar-refractivity contribution in [2.75, 3.05) is 0 Å². The molecule has 2 aromatic rings. The Hall–Kier alpha value is -2.29. The highest BCUT2D eigenvalue weighted by Gasteiger charge is 2.23. The first-order valence-corrected chi connectivity index (χ1v) is 8.09. The molecule has 122 valence electrons. The fourth-order valence-corrected chi connectivity index (χ4v) is 2.34. The molecule has 23 heavy (non-hydrogen) atoms. The largest absolute Gasteiger partial charge is 0.476 e. The molecule has 0 radical (unpaired) electrons. The van der Waals surface area contributed by atoms with Crippen molar-refractivity contribution in [2.45, 2.75) is 45.8 Å². The molecule has 0 aliphatic rings. The van der Waals surface area contributed by atoms with Gasteiger partial charge < -0.3 is 10.1 Å². The Morgan fingerprint density at radius 2 is 1.57 bits per heavy atom. The van der Waals surface area contributed by atoms with E-state index in [0.29, 0.717) is 11.7 Å². The molecule has 0 aliphatic heterocycles. The molecule has 1 unspecified atom stereocenters. The van der Waals surface area contributed by atoms with Crippen LogP contribution >= 0.6 is 0 Å². The van der Waals surface area contributed by atoms with Crippen molar-refractivity contribution in [3.63, 3.8) is 0 Å². The van der Waals surface area contributed by atoms with E-state index in [2.05, 4.69) is 25.2 Å². The van der Waals surface area contributed by atoms with Crippen molar-refractivity contribution in [1.29, 1.82) is 0 Å². The minimum atomic E-state index is -0.652. The lowest BCUT2D eigenvalue weighted by Gasteiger charge is -2.21. The average Bonchev–Trinajstić information content (AvgIpc) is 2.53. The van der Waals surface area contributed by atoms with E-state index in [1.807, 2.05) is 62.4 Å². The molecule has 3 nitrogen and oxygen atoms in total. The first-order valence-electron chi connectivity index (χ1n) is 8.09. The number of nitrogens with one attached hydrogen (secondary N) is 1. The fourth-order valence-electron chi connectivity index (χ4n) is 2.34. The third-order valence-corrected chi connectivity index (χ3v) is 3.55. The quantitative estimate of drug-likeness (QED) is 0.855. The van der Waals surface area contributed by atoms with Crippen LogP contribution in [0.2, 0.25) is 0 Å². The maximum Gasteiger partial charge on any atom is 0.266 e. The van der Waals surface area contributed by atoms with Crippen molar-refractivity contribution in [3.8, 4) is 5.75 Å². The first-order chi connectivity index (χ1) is 11.0. The highest BCUT2D eigenvalue weighted by Crippen LogP contribution is 2.25. The predicted molar refractivity (Wildman–Crippen MR) is 93.6 cm³/mol. The number of hydrogen-bond acceptors (Lipinski definition) is 2. The van der Waals surface area contributed by atoms with Crippen LogP contribution < -0.4 is 10.1 Å². The molecule has 1 N–H and O–H groups in total. The predicted octanol–water partition coefficient (Wildman–Crippen LogP) is 4.45. The van der Waals surface area contributed by atoms with Crippen LogP contribution in [0, 0.1) is 0 Å². The summed E-state index contributed by atoms with van der Waals surface area (Å²) < 4.78 is 6.04. The van der Waals surface area contributed by atoms with Gasteiger partial charge in [-0.3, -0.25) is 4.79 Å². The zero-order chi connectivity index (χ0) is 16.8. The Balaban J connectivity index is 2.27. The zero-order valence-corrected chi connectivity index (χ0v) is 14.2. The summed E-state index contributed by atoms with van der Waals surface area (Å²) in [4.78, 5) is 12.5. The summed E-state index contributed by atoms with van der Waals surface area (Å²) in [6, 6.07) is 17.6. The van der Waals surface area contributed by atoms with Gasteiger partial charge in [0.2, 0.25) is 6.10 Å². The second-order valence-corrected chi connectivity index (χ2v) is 6.30. The van der Waals surface area contributed by atoms with Crippen LogP contribution in [0.15, 0.2) is 54.6 Å². The topological polar surface area (TPSA) is 38.3 Å². The highest BCUT2D eigenvalue weighted by atomic mass is 16.5. The van der Waals surface area contributed by atoms with E-state index in [-0.39, 0.29) is 11.9 Å². The van der Waals surface area contributed by atoms with Crippen molar-refractivity contribution in [2.24, 2.45) is 0 Å². The van der Waals surface area contributed by atoms with Crippen LogP contribution in [-0.2, 0) is 4.79 Å². The molecule has 0 spiro atoms. The van der Waals surface area contributed by atoms with Gasteiger partial charge >= 0.3 is 0 Å². The maximum absolute atomic E-state index is 12.5. The Morgan fingerprint density at radius 1 is 0.913 bits per heavy atom. The molecule has 0 bridgehead atoms. The Labute approximate surface area is 138 Å². The lowest BCUT2D eigenvalue weighted by molar-refractivity contribution is -0.128. The summed E-state index contributed by atoms with van der Waals surface area (Å²) in [5.41, 5.74) is 2.04. The summed E-state index contributed by atoms with van der Waals surface area (Å²) in [5.74, 6) is 1.00. The molecule has 1 amide bonds. The van der Waals surface area contributed by atoms with Gasteiger partial charge in [0.1, 0.15) is 5.75 Å². The SMILES string of the molecule is CC(C)NC(=O)C(Oc1cccc(C(C)C)c1)c1ccccc1. The van der Waals surface area contributed by atoms with E-state index in [0.717, 1.165) is 5.56 Å². The standard InChI is InChI=1S/C20H25NO2/c1-14(2)17-11-8-12-18(13-17)23-19(20(22)21-15(3)4)16-9-6-5-7-10-16/h5-15,19H,1-4H3,(H,21,22). The summed E-state index contributed by atoms with van der Waals surface area (Å²) in [6.07, 6.45) is -0.652. The van der Waals surface area contributed by atoms with Gasteiger partial charge in [0.15, 0.2) is 0 Å². The number of rotatable bonds is 6. The minimum Gasteiger partial charge on any atom is -0.476 e. The third-order valence-electron chi connectivity index (χ3n) is 3.55. The van der Waals surface area contributed by atoms with Gasteiger partial charge in [-0.2, -0.15) is 0 Å². The number of benzene rings is 2. The van der Waals surface area contributed by atoms with Gasteiger partial charge in [0, 0.05) is 11.6 Å². The third kappa shape index (κ3) is 4.85. The van der Waals surface area contributed by atoms with E-state index >= 15 is 0 Å². The molecular weight excluding hydrogens is 286 g/mol. The smallest absolute Gasteiger partial charge is 0.266 e. The van der Waals surface area contributed by atoms with Crippen LogP contribution in [-0.4, -0.2) is 11.9 Å². The normalized spacial score (nSPS) is 12.3. The van der Waals surface area contributed by atoms with E-state index < -0.39 is 6.10 Å². The number of carbonyl (C=O) groups is 1. The number of hydrogen-bond donors (Lipinski definition) is 1. The van der Waals surface area contributed by atoms with Crippen LogP contribution in [0.5, 0.6) is 5.75 Å². The summed E-state index contributed by atoms with van der Waals surface area (Å²) in [6.45, 7) is 8.16. The Kier molecular flexibility index (Phi) is 5.80. The van der Waals surface area contributed by atoms with Crippen LogP contribution in [0.25, 0.3) is 0 Å². The molecule has 0 aromatic heterocycles. The van der Waals surface area contributed by atoms with Crippen LogP contribution in [0.4, 0.5) is 0 Å². The molecule has 1 atom stereocenters. The summed E-state index contributed by atoms with van der Waals surface area (Å²) >= 11 is 0. The van der Waals surface area contributed by atoms with E-state index in [9.17, 15) is 4.79 Å². The number of ether oxygens (including phenoxy) is 1. The first kappa shape index (κ1) is 17.1. The molecule has 3 heteroatoms. The Morgan fingerprint density at radius 3 is 2.17 bits per heavy atom. The van der Waals surface area contributed by atoms with Crippen molar-refractivity contribution in [3.05, 3.63) is 65.7 Å². The zero-order valence-electron chi connectivity index (χ0n) is 14.2. The maximum atomic E-state index is 12.5. The van der Waals surface area contributed by atoms with Gasteiger partial charge in [-0.15, -0.1) is 0 Å². The lowest BCUT2D eigenvalue weighted by Crippen LogP contribution is -2.36. The molecule has 0 aliphatic carbocycles. The molecule has 2 aromatic carbocycles. The van der Waals surface area contributed by atoms with Gasteiger partial charge in [-0.1, -0.05) is 56.3 Å². The van der Waals surface area contributed by atoms with Gasteiger partial charge in [0.05, 0.1) is 0 Å². The van der Waals surface area contributed by atoms with Gasteiger partial charge in [-0.05, 0) is 37.5 Å². The van der Waals surface area contributed by atoms with Crippen molar-refractivity contribution >= 4 is 5.91 Å². The fraction of sp³-hybridized carbons (Fsp3) is 0.350. The van der Waals surface area contributed by atoms with Gasteiger partial charge in [0.25, 0.3) is 5.91 Å². The molecule has 0 saturated carbocycles. The second-order valence-electron chi connectivity index (χ2n) is 6.30. The highest BCUT2D eigenvalue weighted by molar-refractivity contribution is 5.82. The molecular formula is C20H25NO2. The lowest BCUT2D eigenvalue weighted by atomic mass is 10.0. The molecule has 2 rings (SSSR count). The number of amides is 1. The minimum absolute atomic E-state index is 0.0688. The summed E-state index contributed by atoms with van der Waals surface area (Å²) in [7, 11) is 0. The second kappa shape index (κ2) is 7.82. The van der Waals surface area contributed by atoms with E-state index in [1.165, 1.54) is 5.56 Å². The van der Waals surface area contributed by atoms with Crippen LogP contribution in [0.3, 0.4) is 0 Å². The van der Waals surface area contributed by atoms with Gasteiger partial charge in [-0.25, -0.2) is 0 Å². The van der Waals surface area contributed by atoms with Crippen molar-refractivity contribution in [1.82, 2.24) is 5.32 Å². The van der Waals surface area contributed by atoms with E-state index in [4.69, 9.17) is 4.74 Å². The molecule has 0 saturated heterocycles. The molecule has 0 fully saturated rings.